The highest BCUT2D eigenvalue weighted by Crippen LogP contribution is 2.37. The number of fused-ring (bicyclic) bond motifs is 1. The number of benzene rings is 2. The van der Waals surface area contributed by atoms with Crippen LogP contribution in [0.15, 0.2) is 30.3 Å². The summed E-state index contributed by atoms with van der Waals surface area (Å²) in [5.41, 5.74) is 10.3. The SMILES string of the molecule is Nc1c(O)c(C[C@@H](O)c2ccc(Cl)cc2)cc2c1CCCC2. The molecule has 0 radical (unpaired) electrons. The van der Waals surface area contributed by atoms with E-state index < -0.39 is 6.10 Å². The Balaban J connectivity index is 1.88. The lowest BCUT2D eigenvalue weighted by molar-refractivity contribution is 0.177. The Morgan fingerprint density at radius 3 is 2.55 bits per heavy atom. The van der Waals surface area contributed by atoms with Crippen molar-refractivity contribution in [3.8, 4) is 5.75 Å². The second-order valence-corrected chi connectivity index (χ2v) is 6.35. The van der Waals surface area contributed by atoms with Crippen LogP contribution in [0.2, 0.25) is 5.02 Å². The fourth-order valence-electron chi connectivity index (χ4n) is 3.16. The van der Waals surface area contributed by atoms with Crippen molar-refractivity contribution in [1.29, 1.82) is 0 Å². The van der Waals surface area contributed by atoms with Gasteiger partial charge in [0, 0.05) is 11.4 Å². The Morgan fingerprint density at radius 2 is 1.82 bits per heavy atom. The normalized spacial score (nSPS) is 15.4. The number of aliphatic hydroxyl groups is 1. The highest BCUT2D eigenvalue weighted by molar-refractivity contribution is 6.30. The number of aliphatic hydroxyl groups excluding tert-OH is 1. The molecule has 0 fully saturated rings. The Morgan fingerprint density at radius 1 is 1.14 bits per heavy atom. The van der Waals surface area contributed by atoms with Gasteiger partial charge in [-0.1, -0.05) is 29.8 Å². The number of hydrogen-bond acceptors (Lipinski definition) is 3. The summed E-state index contributed by atoms with van der Waals surface area (Å²) in [4.78, 5) is 0. The first-order valence-electron chi connectivity index (χ1n) is 7.62. The Bertz CT molecular complexity index is 682. The van der Waals surface area contributed by atoms with Crippen LogP contribution in [-0.4, -0.2) is 10.2 Å². The second-order valence-electron chi connectivity index (χ2n) is 5.91. The van der Waals surface area contributed by atoms with Crippen LogP contribution in [0.5, 0.6) is 5.75 Å². The number of anilines is 1. The molecule has 1 aliphatic carbocycles. The van der Waals surface area contributed by atoms with E-state index in [9.17, 15) is 10.2 Å². The van der Waals surface area contributed by atoms with E-state index in [0.29, 0.717) is 22.7 Å². The van der Waals surface area contributed by atoms with Crippen LogP contribution in [0.4, 0.5) is 5.69 Å². The lowest BCUT2D eigenvalue weighted by Crippen LogP contribution is -2.10. The topological polar surface area (TPSA) is 66.5 Å². The molecule has 116 valence electrons. The van der Waals surface area contributed by atoms with Crippen LogP contribution in [0.1, 0.15) is 41.2 Å². The first kappa shape index (κ1) is 15.2. The van der Waals surface area contributed by atoms with Gasteiger partial charge in [-0.3, -0.25) is 0 Å². The van der Waals surface area contributed by atoms with Gasteiger partial charge in [-0.2, -0.15) is 0 Å². The van der Waals surface area contributed by atoms with Gasteiger partial charge in [-0.15, -0.1) is 0 Å². The van der Waals surface area contributed by atoms with Crippen molar-refractivity contribution in [2.24, 2.45) is 0 Å². The Hall–Kier alpha value is -1.71. The summed E-state index contributed by atoms with van der Waals surface area (Å²) in [6.45, 7) is 0. The van der Waals surface area contributed by atoms with E-state index in [0.717, 1.165) is 36.8 Å². The molecule has 0 amide bonds. The molecule has 0 saturated carbocycles. The molecule has 22 heavy (non-hydrogen) atoms. The maximum absolute atomic E-state index is 10.4. The van der Waals surface area contributed by atoms with Gasteiger partial charge in [0.15, 0.2) is 0 Å². The molecule has 0 aliphatic heterocycles. The molecule has 0 unspecified atom stereocenters. The molecule has 3 nitrogen and oxygen atoms in total. The largest absolute Gasteiger partial charge is 0.505 e. The molecule has 2 aromatic carbocycles. The number of rotatable bonds is 3. The number of halogens is 1. The fraction of sp³-hybridized carbons (Fsp3) is 0.333. The van der Waals surface area contributed by atoms with Crippen molar-refractivity contribution < 1.29 is 10.2 Å². The van der Waals surface area contributed by atoms with Crippen LogP contribution in [0.3, 0.4) is 0 Å². The monoisotopic (exact) mass is 317 g/mol. The van der Waals surface area contributed by atoms with Crippen molar-refractivity contribution in [1.82, 2.24) is 0 Å². The minimum absolute atomic E-state index is 0.119. The van der Waals surface area contributed by atoms with E-state index in [-0.39, 0.29) is 5.75 Å². The average Bonchev–Trinajstić information content (AvgIpc) is 2.53. The molecule has 0 saturated heterocycles. The van der Waals surface area contributed by atoms with Crippen LogP contribution >= 0.6 is 11.6 Å². The smallest absolute Gasteiger partial charge is 0.142 e. The van der Waals surface area contributed by atoms with E-state index in [1.165, 1.54) is 5.56 Å². The molecule has 0 heterocycles. The summed E-state index contributed by atoms with van der Waals surface area (Å²) < 4.78 is 0. The van der Waals surface area contributed by atoms with E-state index in [1.54, 1.807) is 24.3 Å². The van der Waals surface area contributed by atoms with Gasteiger partial charge >= 0.3 is 0 Å². The number of phenolic OH excluding ortho intramolecular Hbond substituents is 1. The first-order chi connectivity index (χ1) is 10.6. The zero-order chi connectivity index (χ0) is 15.7. The van der Waals surface area contributed by atoms with Crippen LogP contribution in [-0.2, 0) is 19.3 Å². The number of phenols is 1. The lowest BCUT2D eigenvalue weighted by Gasteiger charge is -2.22. The van der Waals surface area contributed by atoms with Crippen molar-refractivity contribution in [3.63, 3.8) is 0 Å². The maximum Gasteiger partial charge on any atom is 0.142 e. The van der Waals surface area contributed by atoms with Crippen molar-refractivity contribution in [2.45, 2.75) is 38.2 Å². The molecular weight excluding hydrogens is 298 g/mol. The summed E-state index contributed by atoms with van der Waals surface area (Å²) in [5.74, 6) is 0.119. The number of hydrogen-bond donors (Lipinski definition) is 3. The summed E-state index contributed by atoms with van der Waals surface area (Å²) in [5, 5.41) is 21.4. The van der Waals surface area contributed by atoms with E-state index in [2.05, 4.69) is 0 Å². The third-order valence-electron chi connectivity index (χ3n) is 4.41. The third-order valence-corrected chi connectivity index (χ3v) is 4.66. The fourth-order valence-corrected chi connectivity index (χ4v) is 3.28. The Labute approximate surface area is 135 Å². The molecule has 3 rings (SSSR count). The predicted octanol–water partition coefficient (Wildman–Crippen LogP) is 3.78. The molecule has 1 atom stereocenters. The van der Waals surface area contributed by atoms with Gasteiger partial charge < -0.3 is 15.9 Å². The standard InChI is InChI=1S/C18H20ClNO2/c19-14-7-5-11(6-8-14)16(21)10-13-9-12-3-1-2-4-15(12)17(20)18(13)22/h5-9,16,21-22H,1-4,10,20H2/t16-/m1/s1. The third kappa shape index (κ3) is 2.92. The highest BCUT2D eigenvalue weighted by atomic mass is 35.5. The summed E-state index contributed by atoms with van der Waals surface area (Å²) in [6.07, 6.45) is 3.83. The molecule has 0 aromatic heterocycles. The number of nitrogens with two attached hydrogens (primary N) is 1. The summed E-state index contributed by atoms with van der Waals surface area (Å²) in [6, 6.07) is 9.10. The zero-order valence-electron chi connectivity index (χ0n) is 12.3. The van der Waals surface area contributed by atoms with E-state index in [4.69, 9.17) is 17.3 Å². The van der Waals surface area contributed by atoms with Gasteiger partial charge in [-0.25, -0.2) is 0 Å². The lowest BCUT2D eigenvalue weighted by atomic mass is 9.87. The number of aromatic hydroxyl groups is 1. The predicted molar refractivity (Wildman–Crippen MR) is 89.3 cm³/mol. The van der Waals surface area contributed by atoms with Crippen molar-refractivity contribution in [3.05, 3.63) is 57.6 Å². The highest BCUT2D eigenvalue weighted by Gasteiger charge is 2.20. The van der Waals surface area contributed by atoms with E-state index in [1.807, 2.05) is 6.07 Å². The average molecular weight is 318 g/mol. The van der Waals surface area contributed by atoms with Gasteiger partial charge in [0.2, 0.25) is 0 Å². The van der Waals surface area contributed by atoms with Gasteiger partial charge in [0.05, 0.1) is 11.8 Å². The zero-order valence-corrected chi connectivity index (χ0v) is 13.1. The number of aryl methyl sites for hydroxylation is 1. The molecule has 0 bridgehead atoms. The molecule has 2 aromatic rings. The molecule has 4 heteroatoms. The summed E-state index contributed by atoms with van der Waals surface area (Å²) in [7, 11) is 0. The molecule has 0 spiro atoms. The van der Waals surface area contributed by atoms with Crippen LogP contribution in [0, 0.1) is 0 Å². The first-order valence-corrected chi connectivity index (χ1v) is 7.99. The van der Waals surface area contributed by atoms with E-state index >= 15 is 0 Å². The summed E-state index contributed by atoms with van der Waals surface area (Å²) >= 11 is 5.86. The maximum atomic E-state index is 10.4. The van der Waals surface area contributed by atoms with Crippen LogP contribution < -0.4 is 5.73 Å². The molecule has 1 aliphatic rings. The second kappa shape index (κ2) is 6.19. The number of nitrogen functional groups attached to an aromatic ring is 1. The van der Waals surface area contributed by atoms with Gasteiger partial charge in [0.1, 0.15) is 5.75 Å². The van der Waals surface area contributed by atoms with Gasteiger partial charge in [0.25, 0.3) is 0 Å². The van der Waals surface area contributed by atoms with Gasteiger partial charge in [-0.05, 0) is 60.1 Å². The van der Waals surface area contributed by atoms with Crippen molar-refractivity contribution >= 4 is 17.3 Å². The molecular formula is C18H20ClNO2. The minimum atomic E-state index is -0.691. The Kier molecular flexibility index (Phi) is 4.27. The van der Waals surface area contributed by atoms with Crippen LogP contribution in [0.25, 0.3) is 0 Å². The minimum Gasteiger partial charge on any atom is -0.505 e. The quantitative estimate of drug-likeness (QED) is 0.596. The molecule has 4 N–H and O–H groups in total. The van der Waals surface area contributed by atoms with Crippen molar-refractivity contribution in [2.75, 3.05) is 5.73 Å².